The maximum absolute atomic E-state index is 14.6. The highest BCUT2D eigenvalue weighted by Crippen LogP contribution is 2.19. The molecule has 0 spiro atoms. The molecule has 1 aliphatic heterocycles. The van der Waals surface area contributed by atoms with Crippen LogP contribution in [-0.4, -0.2) is 133 Å². The van der Waals surface area contributed by atoms with Crippen LogP contribution in [0.15, 0.2) is 60.7 Å². The van der Waals surface area contributed by atoms with Crippen molar-refractivity contribution in [2.75, 3.05) is 32.7 Å². The molecule has 0 radical (unpaired) electrons. The van der Waals surface area contributed by atoms with Gasteiger partial charge in [0.05, 0.1) is 12.1 Å². The van der Waals surface area contributed by atoms with E-state index in [0.29, 0.717) is 17.5 Å². The van der Waals surface area contributed by atoms with Crippen LogP contribution in [0.5, 0.6) is 0 Å². The Labute approximate surface area is 454 Å². The van der Waals surface area contributed by atoms with Crippen molar-refractivity contribution >= 4 is 52.9 Å². The number of Topliss-reactive ketones (excluding diaryl/α,β-unsaturated/α-hetero) is 2. The molecule has 1 heterocycles. The summed E-state index contributed by atoms with van der Waals surface area (Å²) in [5.41, 5.74) is 25.2. The van der Waals surface area contributed by atoms with E-state index >= 15 is 0 Å². The second-order valence-electron chi connectivity index (χ2n) is 20.6. The first-order valence-electron chi connectivity index (χ1n) is 27.6. The highest BCUT2D eigenvalue weighted by molar-refractivity contribution is 5.98. The van der Waals surface area contributed by atoms with Gasteiger partial charge in [-0.25, -0.2) is 0 Å². The van der Waals surface area contributed by atoms with Gasteiger partial charge in [0.1, 0.15) is 36.0 Å². The van der Waals surface area contributed by atoms with Gasteiger partial charge in [0, 0.05) is 50.5 Å². The van der Waals surface area contributed by atoms with Crippen LogP contribution in [0, 0.1) is 17.8 Å². The molecular weight excluding hydrogens is 987 g/mol. The first-order valence-corrected chi connectivity index (χ1v) is 27.6. The van der Waals surface area contributed by atoms with E-state index in [-0.39, 0.29) is 109 Å². The number of unbranched alkanes of at least 4 members (excludes halogenated alkanes) is 4. The Balaban J connectivity index is 2.11. The van der Waals surface area contributed by atoms with E-state index in [4.69, 9.17) is 22.9 Å². The number of amides is 7. The molecule has 0 saturated carbocycles. The summed E-state index contributed by atoms with van der Waals surface area (Å²) in [5, 5.41) is 29.9. The molecule has 428 valence electrons. The second kappa shape index (κ2) is 36.1. The summed E-state index contributed by atoms with van der Waals surface area (Å²) in [6, 6.07) is 10.0. The molecule has 0 unspecified atom stereocenters. The highest BCUT2D eigenvalue weighted by atomic mass is 16.3. The number of aliphatic hydroxyl groups excluding tert-OH is 1. The molecule has 21 nitrogen and oxygen atoms in total. The van der Waals surface area contributed by atoms with Gasteiger partial charge in [0.15, 0.2) is 5.78 Å². The lowest BCUT2D eigenvalue weighted by Gasteiger charge is -2.28. The van der Waals surface area contributed by atoms with E-state index in [0.717, 1.165) is 32.1 Å². The van der Waals surface area contributed by atoms with Gasteiger partial charge < -0.3 is 65.3 Å². The molecule has 2 aromatic carbocycles. The van der Waals surface area contributed by atoms with Gasteiger partial charge in [-0.1, -0.05) is 114 Å². The molecule has 0 aromatic heterocycles. The largest absolute Gasteiger partial charge is 0.393 e. The van der Waals surface area contributed by atoms with Crippen LogP contribution < -0.4 is 60.2 Å². The fourth-order valence-electron chi connectivity index (χ4n) is 9.28. The van der Waals surface area contributed by atoms with Gasteiger partial charge in [0.25, 0.3) is 0 Å². The molecule has 7 amide bonds. The molecule has 77 heavy (non-hydrogen) atoms. The zero-order valence-corrected chi connectivity index (χ0v) is 45.5. The molecule has 0 bridgehead atoms. The minimum atomic E-state index is -1.34. The quantitative estimate of drug-likeness (QED) is 0.0575. The molecular formula is C56H89N11O10. The fourth-order valence-corrected chi connectivity index (χ4v) is 9.28. The third-order valence-corrected chi connectivity index (χ3v) is 13.6. The monoisotopic (exact) mass is 1080 g/mol. The van der Waals surface area contributed by atoms with Crippen LogP contribution in [-0.2, 0) is 56.0 Å². The molecule has 2 aromatic rings. The van der Waals surface area contributed by atoms with Gasteiger partial charge in [-0.15, -0.1) is 0 Å². The lowest BCUT2D eigenvalue weighted by Crippen LogP contribution is -2.60. The topological polar surface area (TPSA) is 362 Å². The average Bonchev–Trinajstić information content (AvgIpc) is 3.39. The number of nitrogens with one attached hydrogen (secondary N) is 7. The van der Waals surface area contributed by atoms with Crippen molar-refractivity contribution in [3.05, 3.63) is 71.8 Å². The summed E-state index contributed by atoms with van der Waals surface area (Å²) >= 11 is 0. The first-order chi connectivity index (χ1) is 36.9. The minimum absolute atomic E-state index is 0.000879. The van der Waals surface area contributed by atoms with E-state index in [1.807, 2.05) is 13.8 Å². The number of rotatable bonds is 26. The summed E-state index contributed by atoms with van der Waals surface area (Å²) in [5.74, 6) is -8.26. The van der Waals surface area contributed by atoms with Crippen LogP contribution in [0.4, 0.5) is 0 Å². The van der Waals surface area contributed by atoms with Crippen molar-refractivity contribution in [1.82, 2.24) is 37.2 Å². The van der Waals surface area contributed by atoms with Crippen LogP contribution >= 0.6 is 0 Å². The van der Waals surface area contributed by atoms with Crippen molar-refractivity contribution in [2.24, 2.45) is 40.7 Å². The number of carbonyl (C=O) groups excluding carboxylic acids is 9. The predicted octanol–water partition coefficient (Wildman–Crippen LogP) is 0.604. The summed E-state index contributed by atoms with van der Waals surface area (Å²) in [4.78, 5) is 128. The van der Waals surface area contributed by atoms with Crippen LogP contribution in [0.1, 0.15) is 128 Å². The smallest absolute Gasteiger partial charge is 0.243 e. The molecule has 1 fully saturated rings. The van der Waals surface area contributed by atoms with E-state index in [1.165, 1.54) is 0 Å². The number of aliphatic hydroxyl groups is 1. The maximum atomic E-state index is 14.6. The van der Waals surface area contributed by atoms with E-state index in [9.17, 15) is 48.3 Å². The molecule has 21 heteroatoms. The Morgan fingerprint density at radius 3 is 1.62 bits per heavy atom. The maximum Gasteiger partial charge on any atom is 0.243 e. The van der Waals surface area contributed by atoms with Crippen molar-refractivity contribution in [3.63, 3.8) is 0 Å². The fraction of sp³-hybridized carbons (Fsp3) is 0.625. The minimum Gasteiger partial charge on any atom is -0.393 e. The van der Waals surface area contributed by atoms with Crippen molar-refractivity contribution in [1.29, 1.82) is 0 Å². The SMILES string of the molecule is CCCCCCC[C@@H](O)CC(=O)C[C@H](CCN)C(=O)N[C@H]1CCNC(=O)[C@H](Cc2ccccc2)NC(=O)[C@H](CCN)NC(=O)[C@H](CCN)NC(=O)[C@H](CC(C)C)NC(=O)[C@@H](Cc2ccccc2)NC(=O)[C@H](CCN)CC1=O. The Morgan fingerprint density at radius 2 is 1.09 bits per heavy atom. The summed E-state index contributed by atoms with van der Waals surface area (Å²) < 4.78 is 0. The Bertz CT molecular complexity index is 2170. The number of ketones is 2. The molecule has 0 aliphatic carbocycles. The number of carbonyl (C=O) groups is 9. The third kappa shape index (κ3) is 24.4. The van der Waals surface area contributed by atoms with Crippen LogP contribution in [0.25, 0.3) is 0 Å². The lowest BCUT2D eigenvalue weighted by atomic mass is 9.91. The number of hydrogen-bond donors (Lipinski definition) is 12. The van der Waals surface area contributed by atoms with E-state index in [2.05, 4.69) is 44.1 Å². The zero-order valence-electron chi connectivity index (χ0n) is 45.5. The Hall–Kier alpha value is -6.13. The average molecular weight is 1080 g/mol. The standard InChI is InChI=1S/C56H89N11O10/c1-4-5-6-7-14-19-41(68)35-42(69)33-39(20-25-57)50(71)62-43-24-29-61-52(73)47(31-37-15-10-8-11-16-37)67-54(75)45(23-28-60)63-53(74)44(22-27-59)64-55(76)46(30-36(2)3)66-56(77)48(32-38-17-12-9-13-18-38)65-51(72)40(21-26-58)34-49(43)70/h8-13,15-18,36,39-41,43-48,68H,4-7,14,19-35,57-60H2,1-3H3,(H,61,73)(H,62,71)(H,63,74)(H,64,76)(H,65,72)(H,66,77)(H,67,75)/t39-,40+,41+,43-,44-,45-,46-,47-,48+/m0/s1. The summed E-state index contributed by atoms with van der Waals surface area (Å²) in [7, 11) is 0. The lowest BCUT2D eigenvalue weighted by molar-refractivity contribution is -0.136. The first kappa shape index (κ1) is 65.2. The van der Waals surface area contributed by atoms with E-state index in [1.54, 1.807) is 60.7 Å². The molecule has 9 atom stereocenters. The van der Waals surface area contributed by atoms with Gasteiger partial charge >= 0.3 is 0 Å². The van der Waals surface area contributed by atoms with Gasteiger partial charge in [0.2, 0.25) is 41.4 Å². The molecule has 3 rings (SSSR count). The molecule has 1 aliphatic rings. The third-order valence-electron chi connectivity index (χ3n) is 13.6. The van der Waals surface area contributed by atoms with Crippen LogP contribution in [0.2, 0.25) is 0 Å². The molecule has 16 N–H and O–H groups in total. The van der Waals surface area contributed by atoms with Gasteiger partial charge in [-0.2, -0.15) is 0 Å². The Kier molecular flexibility index (Phi) is 30.5. The van der Waals surface area contributed by atoms with Crippen molar-refractivity contribution < 1.29 is 48.3 Å². The summed E-state index contributed by atoms with van der Waals surface area (Å²) in [6.45, 7) is 5.43. The van der Waals surface area contributed by atoms with Gasteiger partial charge in [-0.05, 0) is 88.2 Å². The van der Waals surface area contributed by atoms with Crippen LogP contribution in [0.3, 0.4) is 0 Å². The van der Waals surface area contributed by atoms with Crippen molar-refractivity contribution in [2.45, 2.75) is 172 Å². The number of hydrogen-bond acceptors (Lipinski definition) is 14. The molecule has 1 saturated heterocycles. The number of nitrogens with two attached hydrogens (primary N) is 4. The van der Waals surface area contributed by atoms with E-state index < -0.39 is 108 Å². The normalized spacial score (nSPS) is 22.6. The summed E-state index contributed by atoms with van der Waals surface area (Å²) in [6.07, 6.45) is 3.36. The zero-order chi connectivity index (χ0) is 56.7. The number of benzene rings is 2. The van der Waals surface area contributed by atoms with Crippen molar-refractivity contribution in [3.8, 4) is 0 Å². The highest BCUT2D eigenvalue weighted by Gasteiger charge is 2.36. The van der Waals surface area contributed by atoms with Gasteiger partial charge in [-0.3, -0.25) is 43.2 Å². The second-order valence-corrected chi connectivity index (χ2v) is 20.6. The Morgan fingerprint density at radius 1 is 0.597 bits per heavy atom. The predicted molar refractivity (Wildman–Crippen MR) is 294 cm³/mol.